The number of amides is 1. The van der Waals surface area contributed by atoms with Gasteiger partial charge in [0.1, 0.15) is 11.5 Å². The van der Waals surface area contributed by atoms with E-state index in [1.807, 2.05) is 0 Å². The van der Waals surface area contributed by atoms with Crippen molar-refractivity contribution in [2.75, 3.05) is 14.1 Å². The minimum absolute atomic E-state index is 0.0682. The maximum Gasteiger partial charge on any atom is 0.414 e. The second-order valence-electron chi connectivity index (χ2n) is 5.79. The molecule has 1 unspecified atom stereocenters. The average Bonchev–Trinajstić information content (AvgIpc) is 2.90. The molecule has 0 saturated heterocycles. The predicted octanol–water partition coefficient (Wildman–Crippen LogP) is 1.77. The van der Waals surface area contributed by atoms with E-state index in [0.29, 0.717) is 11.1 Å². The van der Waals surface area contributed by atoms with Crippen LogP contribution in [-0.2, 0) is 0 Å². The standard InChI is InChI=1S/C18H16N2O6/c1-19(2)18(22)25-13-6-7-14-15(10-13)26-16(17(14)21)9-11-4-3-5-12(8-11)20(23)24/h3-10,20,23H,1-2H3. The Morgan fingerprint density at radius 2 is 2.04 bits per heavy atom. The van der Waals surface area contributed by atoms with Crippen LogP contribution in [0.3, 0.4) is 0 Å². The van der Waals surface area contributed by atoms with E-state index in [9.17, 15) is 14.8 Å². The summed E-state index contributed by atoms with van der Waals surface area (Å²) in [6.45, 7) is 0. The second kappa shape index (κ2) is 6.96. The van der Waals surface area contributed by atoms with E-state index in [0.717, 1.165) is 0 Å². The van der Waals surface area contributed by atoms with Crippen molar-refractivity contribution in [1.82, 2.24) is 4.90 Å². The molecule has 8 heteroatoms. The molecule has 1 heterocycles. The van der Waals surface area contributed by atoms with Crippen LogP contribution >= 0.6 is 0 Å². The number of fused-ring (bicyclic) bond motifs is 1. The number of quaternary nitrogens is 1. The molecule has 8 nitrogen and oxygen atoms in total. The molecule has 26 heavy (non-hydrogen) atoms. The van der Waals surface area contributed by atoms with Gasteiger partial charge in [0.25, 0.3) is 0 Å². The molecule has 2 N–H and O–H groups in total. The topological polar surface area (TPSA) is 104 Å². The largest absolute Gasteiger partial charge is 0.595 e. The van der Waals surface area contributed by atoms with Gasteiger partial charge >= 0.3 is 6.09 Å². The summed E-state index contributed by atoms with van der Waals surface area (Å²) < 4.78 is 10.7. The maximum atomic E-state index is 12.4. The summed E-state index contributed by atoms with van der Waals surface area (Å²) in [5, 5.41) is 19.0. The molecule has 0 saturated carbocycles. The summed E-state index contributed by atoms with van der Waals surface area (Å²) in [5.74, 6) is 0.272. The normalized spacial score (nSPS) is 15.4. The quantitative estimate of drug-likeness (QED) is 0.642. The van der Waals surface area contributed by atoms with Gasteiger partial charge in [0.15, 0.2) is 11.4 Å². The lowest BCUT2D eigenvalue weighted by Crippen LogP contribution is -2.99. The van der Waals surface area contributed by atoms with Gasteiger partial charge in [-0.25, -0.2) is 10.0 Å². The monoisotopic (exact) mass is 356 g/mol. The highest BCUT2D eigenvalue weighted by Gasteiger charge is 2.28. The first-order valence-corrected chi connectivity index (χ1v) is 7.66. The molecule has 0 aliphatic carbocycles. The highest BCUT2D eigenvalue weighted by molar-refractivity contribution is 6.14. The number of benzene rings is 2. The van der Waals surface area contributed by atoms with Crippen molar-refractivity contribution in [3.05, 3.63) is 64.6 Å². The highest BCUT2D eigenvalue weighted by Crippen LogP contribution is 2.35. The summed E-state index contributed by atoms with van der Waals surface area (Å²) in [5.41, 5.74) is 0.982. The van der Waals surface area contributed by atoms with E-state index >= 15 is 0 Å². The van der Waals surface area contributed by atoms with Gasteiger partial charge < -0.3 is 19.6 Å². The number of nitrogens with one attached hydrogen (secondary N) is 1. The first kappa shape index (κ1) is 17.6. The molecule has 134 valence electrons. The number of nitrogens with zero attached hydrogens (tertiary/aromatic N) is 1. The SMILES string of the molecule is CN(C)C(=O)Oc1ccc2c(c1)OC(=Cc1cccc([NH+]([O-])O)c1)C2=O. The minimum atomic E-state index is -1.06. The zero-order chi connectivity index (χ0) is 18.8. The molecule has 1 aliphatic rings. The molecular formula is C18H16N2O6. The maximum absolute atomic E-state index is 12.4. The number of ether oxygens (including phenoxy) is 2. The smallest absolute Gasteiger partial charge is 0.414 e. The molecule has 1 amide bonds. The summed E-state index contributed by atoms with van der Waals surface area (Å²) >= 11 is 0. The Balaban J connectivity index is 1.85. The third-order valence-electron chi connectivity index (χ3n) is 3.64. The van der Waals surface area contributed by atoms with Crippen molar-refractivity contribution in [3.8, 4) is 11.5 Å². The predicted molar refractivity (Wildman–Crippen MR) is 91.3 cm³/mol. The van der Waals surface area contributed by atoms with Crippen LogP contribution in [-0.4, -0.2) is 36.1 Å². The first-order valence-electron chi connectivity index (χ1n) is 7.66. The number of ketones is 1. The number of hydrogen-bond donors (Lipinski definition) is 2. The molecule has 0 bridgehead atoms. The number of hydrogen-bond acceptors (Lipinski definition) is 6. The van der Waals surface area contributed by atoms with Crippen LogP contribution in [0.4, 0.5) is 10.5 Å². The third kappa shape index (κ3) is 3.57. The van der Waals surface area contributed by atoms with Crippen molar-refractivity contribution in [2.45, 2.75) is 0 Å². The summed E-state index contributed by atoms with van der Waals surface area (Å²) in [6.07, 6.45) is 0.927. The molecule has 0 aromatic heterocycles. The van der Waals surface area contributed by atoms with Gasteiger partial charge in [-0.3, -0.25) is 4.79 Å². The molecular weight excluding hydrogens is 340 g/mol. The minimum Gasteiger partial charge on any atom is -0.595 e. The van der Waals surface area contributed by atoms with Crippen LogP contribution in [0.5, 0.6) is 11.5 Å². The van der Waals surface area contributed by atoms with Crippen molar-refractivity contribution in [1.29, 1.82) is 0 Å². The Labute approximate surface area is 149 Å². The Morgan fingerprint density at radius 3 is 2.73 bits per heavy atom. The number of carbonyl (C=O) groups is 2. The molecule has 2 aromatic rings. The number of Topliss-reactive ketones (excluding diaryl/α,β-unsaturated/α-hetero) is 1. The van der Waals surface area contributed by atoms with Crippen LogP contribution in [0.2, 0.25) is 0 Å². The van der Waals surface area contributed by atoms with Gasteiger partial charge in [-0.15, -0.1) is 0 Å². The van der Waals surface area contributed by atoms with Gasteiger partial charge in [0.05, 0.1) is 5.56 Å². The molecule has 0 radical (unpaired) electrons. The van der Waals surface area contributed by atoms with Crippen LogP contribution < -0.4 is 14.7 Å². The fourth-order valence-electron chi connectivity index (χ4n) is 2.34. The zero-order valence-corrected chi connectivity index (χ0v) is 14.1. The van der Waals surface area contributed by atoms with E-state index < -0.39 is 11.3 Å². The van der Waals surface area contributed by atoms with E-state index in [1.165, 1.54) is 41.3 Å². The van der Waals surface area contributed by atoms with E-state index in [2.05, 4.69) is 0 Å². The fraction of sp³-hybridized carbons (Fsp3) is 0.111. The second-order valence-corrected chi connectivity index (χ2v) is 5.79. The Hall–Kier alpha value is -3.20. The highest BCUT2D eigenvalue weighted by atomic mass is 16.8. The third-order valence-corrected chi connectivity index (χ3v) is 3.64. The lowest BCUT2D eigenvalue weighted by molar-refractivity contribution is -0.991. The number of rotatable bonds is 3. The van der Waals surface area contributed by atoms with E-state index in [-0.39, 0.29) is 28.7 Å². The molecule has 0 fully saturated rings. The summed E-state index contributed by atoms with van der Waals surface area (Å²) in [7, 11) is 3.11. The molecule has 0 spiro atoms. The Bertz CT molecular complexity index is 904. The van der Waals surface area contributed by atoms with Gasteiger partial charge in [0, 0.05) is 32.3 Å². The van der Waals surface area contributed by atoms with Crippen molar-refractivity contribution >= 4 is 23.6 Å². The zero-order valence-electron chi connectivity index (χ0n) is 14.1. The van der Waals surface area contributed by atoms with Gasteiger partial charge in [-0.1, -0.05) is 12.1 Å². The van der Waals surface area contributed by atoms with Crippen molar-refractivity contribution in [2.24, 2.45) is 0 Å². The molecule has 1 atom stereocenters. The molecule has 1 aliphatic heterocycles. The van der Waals surface area contributed by atoms with Crippen LogP contribution in [0, 0.1) is 5.21 Å². The van der Waals surface area contributed by atoms with Gasteiger partial charge in [-0.2, -0.15) is 5.23 Å². The lowest BCUT2D eigenvalue weighted by atomic mass is 10.1. The van der Waals surface area contributed by atoms with Crippen LogP contribution in [0.25, 0.3) is 6.08 Å². The summed E-state index contributed by atoms with van der Waals surface area (Å²) in [6, 6.07) is 10.6. The van der Waals surface area contributed by atoms with Crippen LogP contribution in [0.1, 0.15) is 15.9 Å². The number of allylic oxidation sites excluding steroid dienone is 1. The fourth-order valence-corrected chi connectivity index (χ4v) is 2.34. The van der Waals surface area contributed by atoms with Gasteiger partial charge in [0.2, 0.25) is 5.78 Å². The van der Waals surface area contributed by atoms with Crippen LogP contribution in [0.15, 0.2) is 48.2 Å². The van der Waals surface area contributed by atoms with Gasteiger partial charge in [-0.05, 0) is 23.8 Å². The van der Waals surface area contributed by atoms with Crippen molar-refractivity contribution < 1.29 is 29.5 Å². The average molecular weight is 356 g/mol. The molecule has 2 aromatic carbocycles. The van der Waals surface area contributed by atoms with Crippen molar-refractivity contribution in [3.63, 3.8) is 0 Å². The van der Waals surface area contributed by atoms with E-state index in [1.54, 1.807) is 26.2 Å². The lowest BCUT2D eigenvalue weighted by Gasteiger charge is -2.11. The first-order chi connectivity index (χ1) is 12.3. The van der Waals surface area contributed by atoms with E-state index in [4.69, 9.17) is 14.7 Å². The summed E-state index contributed by atoms with van der Waals surface area (Å²) in [4.78, 5) is 25.3. The number of carbonyl (C=O) groups excluding carboxylic acids is 2. The molecule has 3 rings (SSSR count). The Morgan fingerprint density at radius 1 is 1.27 bits per heavy atom. The Kier molecular flexibility index (Phi) is 4.72.